The second-order valence-electron chi connectivity index (χ2n) is 7.51. The van der Waals surface area contributed by atoms with Crippen molar-refractivity contribution in [3.8, 4) is 0 Å². The Bertz CT molecular complexity index is 1150. The number of para-hydroxylation sites is 1. The summed E-state index contributed by atoms with van der Waals surface area (Å²) in [6.07, 6.45) is 1.42. The summed E-state index contributed by atoms with van der Waals surface area (Å²) in [5.41, 5.74) is 4.52. The number of rotatable bonds is 6. The SMILES string of the molecule is CCc1cccc(CC)c1N1C(=O)c2ccc(C(=O)NCc3ccccc3)cc2C1=O. The molecule has 156 valence electrons. The zero-order chi connectivity index (χ0) is 22.0. The number of aryl methyl sites for hydroxylation is 2. The molecule has 4 rings (SSSR count). The van der Waals surface area contributed by atoms with Gasteiger partial charge in [-0.05, 0) is 47.7 Å². The Kier molecular flexibility index (Phi) is 5.67. The van der Waals surface area contributed by atoms with E-state index in [0.717, 1.165) is 16.7 Å². The summed E-state index contributed by atoms with van der Waals surface area (Å²) < 4.78 is 0. The first kappa shape index (κ1) is 20.5. The third-order valence-electron chi connectivity index (χ3n) is 5.63. The number of fused-ring (bicyclic) bond motifs is 1. The van der Waals surface area contributed by atoms with Crippen LogP contribution in [0, 0.1) is 0 Å². The quantitative estimate of drug-likeness (QED) is 0.605. The van der Waals surface area contributed by atoms with Gasteiger partial charge in [0, 0.05) is 12.1 Å². The fourth-order valence-electron chi connectivity index (χ4n) is 3.97. The normalized spacial score (nSPS) is 12.8. The van der Waals surface area contributed by atoms with Gasteiger partial charge in [0.1, 0.15) is 0 Å². The van der Waals surface area contributed by atoms with E-state index in [0.29, 0.717) is 36.2 Å². The highest BCUT2D eigenvalue weighted by Gasteiger charge is 2.38. The number of hydrogen-bond acceptors (Lipinski definition) is 3. The number of carbonyl (C=O) groups is 3. The van der Waals surface area contributed by atoms with Gasteiger partial charge in [0.05, 0.1) is 16.8 Å². The van der Waals surface area contributed by atoms with Gasteiger partial charge in [0.15, 0.2) is 0 Å². The van der Waals surface area contributed by atoms with Crippen molar-refractivity contribution in [3.05, 3.63) is 100 Å². The Morgan fingerprint density at radius 2 is 1.45 bits per heavy atom. The molecule has 0 fully saturated rings. The first-order valence-electron chi connectivity index (χ1n) is 10.5. The molecule has 5 heteroatoms. The smallest absolute Gasteiger partial charge is 0.266 e. The molecule has 0 spiro atoms. The van der Waals surface area contributed by atoms with Crippen molar-refractivity contribution >= 4 is 23.4 Å². The molecule has 0 bridgehead atoms. The minimum Gasteiger partial charge on any atom is -0.348 e. The lowest BCUT2D eigenvalue weighted by Crippen LogP contribution is -2.31. The molecule has 0 saturated carbocycles. The van der Waals surface area contributed by atoms with Crippen LogP contribution in [0.25, 0.3) is 0 Å². The lowest BCUT2D eigenvalue weighted by atomic mass is 10.0. The molecule has 0 radical (unpaired) electrons. The Balaban J connectivity index is 1.63. The number of nitrogens with zero attached hydrogens (tertiary/aromatic N) is 1. The summed E-state index contributed by atoms with van der Waals surface area (Å²) in [5.74, 6) is -1.01. The van der Waals surface area contributed by atoms with Gasteiger partial charge in [0.2, 0.25) is 0 Å². The molecule has 1 heterocycles. The minimum absolute atomic E-state index is 0.269. The fourth-order valence-corrected chi connectivity index (χ4v) is 3.97. The molecule has 31 heavy (non-hydrogen) atoms. The average molecular weight is 412 g/mol. The number of benzene rings is 3. The largest absolute Gasteiger partial charge is 0.348 e. The van der Waals surface area contributed by atoms with E-state index in [1.807, 2.05) is 62.4 Å². The first-order chi connectivity index (χ1) is 15.0. The number of amides is 3. The predicted octanol–water partition coefficient (Wildman–Crippen LogP) is 4.54. The van der Waals surface area contributed by atoms with E-state index in [4.69, 9.17) is 0 Å². The highest BCUT2D eigenvalue weighted by Crippen LogP contribution is 2.34. The monoisotopic (exact) mass is 412 g/mol. The molecule has 3 aromatic carbocycles. The molecule has 0 saturated heterocycles. The zero-order valence-electron chi connectivity index (χ0n) is 17.6. The Hall–Kier alpha value is -3.73. The first-order valence-corrected chi connectivity index (χ1v) is 10.5. The lowest BCUT2D eigenvalue weighted by molar-refractivity contribution is 0.0923. The standard InChI is InChI=1S/C26H24N2O3/c1-3-18-11-8-12-19(4-2)23(18)28-25(30)21-14-13-20(15-22(21)26(28)31)24(29)27-16-17-9-6-5-7-10-17/h5-15H,3-4,16H2,1-2H3,(H,27,29). The van der Waals surface area contributed by atoms with Crippen LogP contribution in [0.4, 0.5) is 5.69 Å². The van der Waals surface area contributed by atoms with Crippen LogP contribution in [-0.4, -0.2) is 17.7 Å². The summed E-state index contributed by atoms with van der Waals surface area (Å²) in [6, 6.07) is 20.1. The number of imide groups is 1. The van der Waals surface area contributed by atoms with Crippen LogP contribution < -0.4 is 10.2 Å². The molecule has 0 unspecified atom stereocenters. The Labute approximate surface area is 181 Å². The summed E-state index contributed by atoms with van der Waals surface area (Å²) in [4.78, 5) is 40.3. The van der Waals surface area contributed by atoms with Crippen LogP contribution in [0.5, 0.6) is 0 Å². The number of carbonyl (C=O) groups excluding carboxylic acids is 3. The maximum absolute atomic E-state index is 13.3. The van der Waals surface area contributed by atoms with Crippen molar-refractivity contribution in [2.24, 2.45) is 0 Å². The van der Waals surface area contributed by atoms with Crippen molar-refractivity contribution in [1.82, 2.24) is 5.32 Å². The van der Waals surface area contributed by atoms with Gasteiger partial charge in [-0.25, -0.2) is 4.90 Å². The summed E-state index contributed by atoms with van der Waals surface area (Å²) >= 11 is 0. The van der Waals surface area contributed by atoms with E-state index in [-0.39, 0.29) is 23.3 Å². The molecule has 0 atom stereocenters. The molecular formula is C26H24N2O3. The van der Waals surface area contributed by atoms with Crippen LogP contribution in [0.1, 0.15) is 61.6 Å². The topological polar surface area (TPSA) is 66.5 Å². The second-order valence-corrected chi connectivity index (χ2v) is 7.51. The molecular weight excluding hydrogens is 388 g/mol. The van der Waals surface area contributed by atoms with Crippen LogP contribution in [0.3, 0.4) is 0 Å². The molecule has 3 aromatic rings. The third-order valence-corrected chi connectivity index (χ3v) is 5.63. The summed E-state index contributed by atoms with van der Waals surface area (Å²) in [7, 11) is 0. The van der Waals surface area contributed by atoms with Crippen molar-refractivity contribution in [1.29, 1.82) is 0 Å². The molecule has 1 aliphatic rings. The van der Waals surface area contributed by atoms with Gasteiger partial charge in [-0.15, -0.1) is 0 Å². The van der Waals surface area contributed by atoms with Crippen molar-refractivity contribution < 1.29 is 14.4 Å². The molecule has 1 aliphatic heterocycles. The predicted molar refractivity (Wildman–Crippen MR) is 120 cm³/mol. The van der Waals surface area contributed by atoms with Crippen molar-refractivity contribution in [2.45, 2.75) is 33.2 Å². The summed E-state index contributed by atoms with van der Waals surface area (Å²) in [5, 5.41) is 2.86. The molecule has 1 N–H and O–H groups in total. The van der Waals surface area contributed by atoms with Gasteiger partial charge in [0.25, 0.3) is 17.7 Å². The van der Waals surface area contributed by atoms with Gasteiger partial charge in [-0.3, -0.25) is 14.4 Å². The maximum Gasteiger partial charge on any atom is 0.266 e. The maximum atomic E-state index is 13.3. The summed E-state index contributed by atoms with van der Waals surface area (Å²) in [6.45, 7) is 4.40. The van der Waals surface area contributed by atoms with E-state index in [1.165, 1.54) is 11.0 Å². The van der Waals surface area contributed by atoms with Gasteiger partial charge in [-0.2, -0.15) is 0 Å². The highest BCUT2D eigenvalue weighted by atomic mass is 16.2. The number of hydrogen-bond donors (Lipinski definition) is 1. The minimum atomic E-state index is -0.381. The van der Waals surface area contributed by atoms with Gasteiger partial charge in [-0.1, -0.05) is 62.4 Å². The second kappa shape index (κ2) is 8.56. The van der Waals surface area contributed by atoms with Crippen LogP contribution in [-0.2, 0) is 19.4 Å². The Morgan fingerprint density at radius 1 is 0.806 bits per heavy atom. The van der Waals surface area contributed by atoms with Gasteiger partial charge >= 0.3 is 0 Å². The van der Waals surface area contributed by atoms with Crippen LogP contribution in [0.2, 0.25) is 0 Å². The average Bonchev–Trinajstić information content (AvgIpc) is 3.06. The van der Waals surface area contributed by atoms with Crippen LogP contribution in [0.15, 0.2) is 66.7 Å². The van der Waals surface area contributed by atoms with Crippen LogP contribution >= 0.6 is 0 Å². The van der Waals surface area contributed by atoms with E-state index >= 15 is 0 Å². The third kappa shape index (κ3) is 3.75. The molecule has 0 aliphatic carbocycles. The number of anilines is 1. The van der Waals surface area contributed by atoms with E-state index < -0.39 is 0 Å². The number of nitrogens with one attached hydrogen (secondary N) is 1. The molecule has 3 amide bonds. The van der Waals surface area contributed by atoms with E-state index in [9.17, 15) is 14.4 Å². The van der Waals surface area contributed by atoms with Gasteiger partial charge < -0.3 is 5.32 Å². The zero-order valence-corrected chi connectivity index (χ0v) is 17.6. The lowest BCUT2D eigenvalue weighted by Gasteiger charge is -2.21. The Morgan fingerprint density at radius 3 is 2.10 bits per heavy atom. The van der Waals surface area contributed by atoms with Crippen molar-refractivity contribution in [2.75, 3.05) is 4.90 Å². The highest BCUT2D eigenvalue weighted by molar-refractivity contribution is 6.35. The van der Waals surface area contributed by atoms with E-state index in [2.05, 4.69) is 5.32 Å². The van der Waals surface area contributed by atoms with Crippen molar-refractivity contribution in [3.63, 3.8) is 0 Å². The van der Waals surface area contributed by atoms with E-state index in [1.54, 1.807) is 12.1 Å². The molecule has 0 aromatic heterocycles. The fraction of sp³-hybridized carbons (Fsp3) is 0.192. The molecule has 5 nitrogen and oxygen atoms in total.